The van der Waals surface area contributed by atoms with E-state index in [-0.39, 0.29) is 0 Å². The van der Waals surface area contributed by atoms with E-state index in [1.165, 1.54) is 0 Å². The molecule has 0 saturated carbocycles. The first-order chi connectivity index (χ1) is 5.77. The van der Waals surface area contributed by atoms with Gasteiger partial charge in [-0.3, -0.25) is 0 Å². The molecule has 2 rings (SSSR count). The predicted octanol–water partition coefficient (Wildman–Crippen LogP) is 1.76. The fourth-order valence-electron chi connectivity index (χ4n) is 1.01. The summed E-state index contributed by atoms with van der Waals surface area (Å²) in [5.74, 6) is -0.988. The molecule has 0 fully saturated rings. The van der Waals surface area contributed by atoms with Gasteiger partial charge in [-0.25, -0.2) is 4.79 Å². The molecule has 0 aliphatic carbocycles. The quantitative estimate of drug-likeness (QED) is 0.455. The zero-order chi connectivity index (χ0) is 8.55. The summed E-state index contributed by atoms with van der Waals surface area (Å²) in [7, 11) is 0. The number of rotatable bonds is 0. The zero-order valence-electron chi connectivity index (χ0n) is 5.99. The van der Waals surface area contributed by atoms with E-state index in [4.69, 9.17) is 16.3 Å². The highest BCUT2D eigenvalue weighted by atomic mass is 35.5. The lowest BCUT2D eigenvalue weighted by Crippen LogP contribution is -2.24. The lowest BCUT2D eigenvalue weighted by atomic mass is 10.2. The van der Waals surface area contributed by atoms with Crippen LogP contribution in [0.4, 0.5) is 0 Å². The number of fused-ring (bicyclic) bond motifs is 1. The summed E-state index contributed by atoms with van der Waals surface area (Å²) < 4.78 is 9.64. The van der Waals surface area contributed by atoms with Gasteiger partial charge in [0.2, 0.25) is 0 Å². The van der Waals surface area contributed by atoms with Crippen LogP contribution in [0.15, 0.2) is 24.3 Å². The molecule has 1 aromatic rings. The average molecular weight is 185 g/mol. The van der Waals surface area contributed by atoms with Gasteiger partial charge in [-0.2, -0.15) is 0 Å². The van der Waals surface area contributed by atoms with E-state index in [2.05, 4.69) is 4.74 Å². The van der Waals surface area contributed by atoms with Crippen molar-refractivity contribution in [2.24, 2.45) is 0 Å². The minimum absolute atomic E-state index is 0.411. The Morgan fingerprint density at radius 2 is 2.00 bits per heavy atom. The Morgan fingerprint density at radius 3 is 2.83 bits per heavy atom. The molecule has 0 bridgehead atoms. The molecule has 1 aliphatic rings. The monoisotopic (exact) mass is 184 g/mol. The van der Waals surface area contributed by atoms with E-state index in [0.29, 0.717) is 11.3 Å². The van der Waals surface area contributed by atoms with Crippen molar-refractivity contribution in [3.63, 3.8) is 0 Å². The van der Waals surface area contributed by atoms with E-state index < -0.39 is 11.7 Å². The van der Waals surface area contributed by atoms with Crippen LogP contribution in [0, 0.1) is 0 Å². The maximum atomic E-state index is 11.1. The van der Waals surface area contributed by atoms with Crippen molar-refractivity contribution >= 4 is 17.6 Å². The highest BCUT2D eigenvalue weighted by molar-refractivity contribution is 6.20. The lowest BCUT2D eigenvalue weighted by molar-refractivity contribution is -0.0160. The summed E-state index contributed by atoms with van der Waals surface area (Å²) in [5.41, 5.74) is 0.411. The summed E-state index contributed by atoms with van der Waals surface area (Å²) in [5, 5.41) is 0. The van der Waals surface area contributed by atoms with Crippen LogP contribution in [0.2, 0.25) is 0 Å². The molecule has 0 saturated heterocycles. The predicted molar refractivity (Wildman–Crippen MR) is 42.1 cm³/mol. The minimum Gasteiger partial charge on any atom is -0.441 e. The maximum Gasteiger partial charge on any atom is 0.345 e. The molecule has 1 atom stereocenters. The molecular formula is C8H5ClO3. The lowest BCUT2D eigenvalue weighted by Gasteiger charge is -2.20. The molecule has 1 heterocycles. The van der Waals surface area contributed by atoms with E-state index in [1.807, 2.05) is 0 Å². The first-order valence-corrected chi connectivity index (χ1v) is 3.82. The third kappa shape index (κ3) is 1.12. The summed E-state index contributed by atoms with van der Waals surface area (Å²) in [4.78, 5) is 11.1. The molecular weight excluding hydrogens is 180 g/mol. The number of hydrogen-bond donors (Lipinski definition) is 0. The fraction of sp³-hybridized carbons (Fsp3) is 0.125. The van der Waals surface area contributed by atoms with Gasteiger partial charge in [0.25, 0.3) is 0 Å². The van der Waals surface area contributed by atoms with Crippen LogP contribution in [0.5, 0.6) is 5.75 Å². The molecule has 62 valence electrons. The second-order valence-corrected chi connectivity index (χ2v) is 2.65. The van der Waals surface area contributed by atoms with Crippen LogP contribution in [0.3, 0.4) is 0 Å². The molecule has 0 spiro atoms. The van der Waals surface area contributed by atoms with Gasteiger partial charge in [-0.05, 0) is 23.7 Å². The van der Waals surface area contributed by atoms with E-state index in [1.54, 1.807) is 24.3 Å². The standard InChI is InChI=1S/C8H5ClO3/c9-8-11-6-4-2-1-3-5(6)7(10)12-8/h1-4,8H. The summed E-state index contributed by atoms with van der Waals surface area (Å²) in [6, 6.07) is 6.80. The zero-order valence-corrected chi connectivity index (χ0v) is 6.75. The summed E-state index contributed by atoms with van der Waals surface area (Å²) >= 11 is 5.47. The molecule has 0 aromatic heterocycles. The van der Waals surface area contributed by atoms with Crippen LogP contribution in [-0.2, 0) is 4.74 Å². The molecule has 12 heavy (non-hydrogen) atoms. The van der Waals surface area contributed by atoms with Gasteiger partial charge >= 0.3 is 11.7 Å². The van der Waals surface area contributed by atoms with Crippen molar-refractivity contribution in [2.45, 2.75) is 5.75 Å². The van der Waals surface area contributed by atoms with Crippen molar-refractivity contribution in [2.75, 3.05) is 0 Å². The van der Waals surface area contributed by atoms with Crippen molar-refractivity contribution in [3.8, 4) is 5.75 Å². The van der Waals surface area contributed by atoms with Gasteiger partial charge in [-0.15, -0.1) is 0 Å². The Balaban J connectivity index is 2.47. The van der Waals surface area contributed by atoms with Crippen LogP contribution in [0.25, 0.3) is 0 Å². The highest BCUT2D eigenvalue weighted by Crippen LogP contribution is 2.26. The van der Waals surface area contributed by atoms with Gasteiger partial charge in [0.15, 0.2) is 0 Å². The second-order valence-electron chi connectivity index (χ2n) is 2.29. The van der Waals surface area contributed by atoms with E-state index >= 15 is 0 Å². The Labute approximate surface area is 73.8 Å². The van der Waals surface area contributed by atoms with E-state index in [9.17, 15) is 4.79 Å². The molecule has 0 radical (unpaired) electrons. The minimum atomic E-state index is -1.01. The number of halogens is 1. The third-order valence-corrected chi connectivity index (χ3v) is 1.70. The summed E-state index contributed by atoms with van der Waals surface area (Å²) in [6.07, 6.45) is 0. The fourth-order valence-corrected chi connectivity index (χ4v) is 1.19. The molecule has 4 heteroatoms. The number of hydrogen-bond acceptors (Lipinski definition) is 3. The third-order valence-electron chi connectivity index (χ3n) is 1.53. The number of cyclic esters (lactones) is 1. The van der Waals surface area contributed by atoms with Crippen LogP contribution in [0.1, 0.15) is 10.4 Å². The molecule has 0 N–H and O–H groups in total. The van der Waals surface area contributed by atoms with Gasteiger partial charge in [0, 0.05) is 0 Å². The Kier molecular flexibility index (Phi) is 1.66. The van der Waals surface area contributed by atoms with Gasteiger partial charge < -0.3 is 9.47 Å². The second kappa shape index (κ2) is 2.68. The molecule has 1 unspecified atom stereocenters. The number of alkyl halides is 1. The van der Waals surface area contributed by atoms with Crippen molar-refractivity contribution < 1.29 is 14.3 Å². The number of esters is 1. The molecule has 3 nitrogen and oxygen atoms in total. The normalized spacial score (nSPS) is 20.8. The van der Waals surface area contributed by atoms with Crippen LogP contribution < -0.4 is 4.74 Å². The summed E-state index contributed by atoms with van der Waals surface area (Å²) in [6.45, 7) is 0. The van der Waals surface area contributed by atoms with Crippen molar-refractivity contribution in [1.29, 1.82) is 0 Å². The number of para-hydroxylation sites is 1. The number of ether oxygens (including phenoxy) is 2. The van der Waals surface area contributed by atoms with Crippen molar-refractivity contribution in [1.82, 2.24) is 0 Å². The molecule has 1 aromatic carbocycles. The SMILES string of the molecule is O=C1OC(Cl)Oc2ccccc21. The first kappa shape index (κ1) is 7.43. The first-order valence-electron chi connectivity index (χ1n) is 3.38. The van der Waals surface area contributed by atoms with Crippen LogP contribution >= 0.6 is 11.6 Å². The van der Waals surface area contributed by atoms with Gasteiger partial charge in [0.05, 0.1) is 0 Å². The number of carbonyl (C=O) groups is 1. The smallest absolute Gasteiger partial charge is 0.345 e. The molecule has 1 aliphatic heterocycles. The Morgan fingerprint density at radius 1 is 1.25 bits per heavy atom. The topological polar surface area (TPSA) is 35.5 Å². The maximum absolute atomic E-state index is 11.1. The Bertz CT molecular complexity index is 324. The number of benzene rings is 1. The number of carbonyl (C=O) groups excluding carboxylic acids is 1. The average Bonchev–Trinajstić information content (AvgIpc) is 2.04. The van der Waals surface area contributed by atoms with Gasteiger partial charge in [-0.1, -0.05) is 12.1 Å². The van der Waals surface area contributed by atoms with Crippen LogP contribution in [-0.4, -0.2) is 11.7 Å². The largest absolute Gasteiger partial charge is 0.441 e. The van der Waals surface area contributed by atoms with E-state index in [0.717, 1.165) is 0 Å². The highest BCUT2D eigenvalue weighted by Gasteiger charge is 2.24. The van der Waals surface area contributed by atoms with Crippen molar-refractivity contribution in [3.05, 3.63) is 29.8 Å². The van der Waals surface area contributed by atoms with Gasteiger partial charge in [0.1, 0.15) is 11.3 Å². The Hall–Kier alpha value is -1.22. The molecule has 0 amide bonds.